The summed E-state index contributed by atoms with van der Waals surface area (Å²) in [5.41, 5.74) is 0.629. The van der Waals surface area contributed by atoms with Gasteiger partial charge in [0, 0.05) is 11.8 Å². The molecule has 0 fully saturated rings. The Morgan fingerprint density at radius 1 is 1.50 bits per heavy atom. The molecular formula is C10H11NO3. The Hall–Kier alpha value is -1.97. The van der Waals surface area contributed by atoms with Gasteiger partial charge in [-0.25, -0.2) is 4.79 Å². The third-order valence-electron chi connectivity index (χ3n) is 1.59. The van der Waals surface area contributed by atoms with E-state index in [1.54, 1.807) is 30.3 Å². The lowest BCUT2D eigenvalue weighted by atomic mass is 10.2. The van der Waals surface area contributed by atoms with Crippen molar-refractivity contribution in [2.24, 2.45) is 0 Å². The predicted molar refractivity (Wildman–Crippen MR) is 52.7 cm³/mol. The molecule has 74 valence electrons. The first-order valence-corrected chi connectivity index (χ1v) is 4.03. The van der Waals surface area contributed by atoms with Gasteiger partial charge in [-0.05, 0) is 12.1 Å². The number of hydrogen-bond acceptors (Lipinski definition) is 3. The number of amides is 1. The molecule has 4 heteroatoms. The van der Waals surface area contributed by atoms with Gasteiger partial charge in [0.15, 0.2) is 0 Å². The second-order valence-electron chi connectivity index (χ2n) is 2.53. The smallest absolute Gasteiger partial charge is 0.410 e. The van der Waals surface area contributed by atoms with Crippen LogP contribution in [0.5, 0.6) is 5.75 Å². The molecule has 4 nitrogen and oxygen atoms in total. The van der Waals surface area contributed by atoms with E-state index in [9.17, 15) is 9.90 Å². The van der Waals surface area contributed by atoms with Gasteiger partial charge in [-0.15, -0.1) is 0 Å². The van der Waals surface area contributed by atoms with E-state index in [0.717, 1.165) is 0 Å². The molecule has 1 aromatic carbocycles. The molecule has 0 bridgehead atoms. The molecule has 1 amide bonds. The van der Waals surface area contributed by atoms with E-state index >= 15 is 0 Å². The number of methoxy groups -OCH3 is 1. The first-order chi connectivity index (χ1) is 6.74. The zero-order chi connectivity index (χ0) is 10.4. The Bertz CT molecular complexity index is 347. The summed E-state index contributed by atoms with van der Waals surface area (Å²) in [5, 5.41) is 11.7. The molecule has 1 rings (SSSR count). The van der Waals surface area contributed by atoms with E-state index in [2.05, 4.69) is 10.1 Å². The highest BCUT2D eigenvalue weighted by molar-refractivity contribution is 5.70. The molecule has 1 aromatic rings. The van der Waals surface area contributed by atoms with Crippen molar-refractivity contribution in [1.82, 2.24) is 5.32 Å². The van der Waals surface area contributed by atoms with Crippen molar-refractivity contribution in [1.29, 1.82) is 0 Å². The summed E-state index contributed by atoms with van der Waals surface area (Å²) < 4.78 is 4.35. The average Bonchev–Trinajstić information content (AvgIpc) is 2.20. The van der Waals surface area contributed by atoms with Crippen LogP contribution in [-0.2, 0) is 4.74 Å². The maximum absolute atomic E-state index is 10.6. The van der Waals surface area contributed by atoms with Crippen LogP contribution in [0.25, 0.3) is 6.08 Å². The number of phenols is 1. The second kappa shape index (κ2) is 4.91. The molecule has 0 unspecified atom stereocenters. The topological polar surface area (TPSA) is 58.6 Å². The lowest BCUT2D eigenvalue weighted by Gasteiger charge is -1.98. The number of ether oxygens (including phenoxy) is 1. The molecule has 0 aliphatic carbocycles. The minimum absolute atomic E-state index is 0.162. The Balaban J connectivity index is 2.60. The zero-order valence-electron chi connectivity index (χ0n) is 7.73. The van der Waals surface area contributed by atoms with E-state index in [4.69, 9.17) is 0 Å². The van der Waals surface area contributed by atoms with E-state index < -0.39 is 6.09 Å². The Labute approximate surface area is 81.8 Å². The lowest BCUT2D eigenvalue weighted by molar-refractivity contribution is 0.175. The summed E-state index contributed by atoms with van der Waals surface area (Å²) in [5.74, 6) is 0.162. The monoisotopic (exact) mass is 193 g/mol. The molecular weight excluding hydrogens is 182 g/mol. The van der Waals surface area contributed by atoms with Gasteiger partial charge in [0.2, 0.25) is 0 Å². The largest absolute Gasteiger partial charge is 0.507 e. The normalized spacial score (nSPS) is 10.1. The lowest BCUT2D eigenvalue weighted by Crippen LogP contribution is -2.15. The van der Waals surface area contributed by atoms with Crippen molar-refractivity contribution >= 4 is 12.2 Å². The molecule has 0 saturated heterocycles. The molecule has 2 N–H and O–H groups in total. The Morgan fingerprint density at radius 2 is 2.21 bits per heavy atom. The first kappa shape index (κ1) is 10.1. The van der Waals surface area contributed by atoms with E-state index in [1.165, 1.54) is 13.3 Å². The summed E-state index contributed by atoms with van der Waals surface area (Å²) in [6, 6.07) is 6.81. The summed E-state index contributed by atoms with van der Waals surface area (Å²) in [7, 11) is 1.28. The van der Waals surface area contributed by atoms with Gasteiger partial charge in [-0.1, -0.05) is 18.2 Å². The SMILES string of the molecule is COC(=O)N/C=C/c1ccccc1O. The highest BCUT2D eigenvalue weighted by Gasteiger charge is 1.95. The number of aromatic hydroxyl groups is 1. The van der Waals surface area contributed by atoms with Crippen LogP contribution in [0, 0.1) is 0 Å². The quantitative estimate of drug-likeness (QED) is 0.751. The molecule has 0 heterocycles. The summed E-state index contributed by atoms with van der Waals surface area (Å²) in [4.78, 5) is 10.6. The predicted octanol–water partition coefficient (Wildman–Crippen LogP) is 1.72. The van der Waals surface area contributed by atoms with Crippen molar-refractivity contribution < 1.29 is 14.6 Å². The average molecular weight is 193 g/mol. The van der Waals surface area contributed by atoms with Crippen molar-refractivity contribution in [3.63, 3.8) is 0 Å². The number of benzene rings is 1. The van der Waals surface area contributed by atoms with Crippen LogP contribution in [0.2, 0.25) is 0 Å². The number of carbonyl (C=O) groups is 1. The third-order valence-corrected chi connectivity index (χ3v) is 1.59. The zero-order valence-corrected chi connectivity index (χ0v) is 7.73. The molecule has 0 saturated carbocycles. The standard InChI is InChI=1S/C10H11NO3/c1-14-10(13)11-7-6-8-4-2-3-5-9(8)12/h2-7,12H,1H3,(H,11,13)/b7-6+. The van der Waals surface area contributed by atoms with Crippen molar-refractivity contribution in [3.8, 4) is 5.75 Å². The van der Waals surface area contributed by atoms with E-state index in [-0.39, 0.29) is 5.75 Å². The minimum atomic E-state index is -0.545. The maximum atomic E-state index is 10.6. The van der Waals surface area contributed by atoms with Gasteiger partial charge in [0.05, 0.1) is 7.11 Å². The van der Waals surface area contributed by atoms with Gasteiger partial charge in [0.25, 0.3) is 0 Å². The number of alkyl carbamates (subject to hydrolysis) is 1. The summed E-state index contributed by atoms with van der Waals surface area (Å²) >= 11 is 0. The molecule has 0 aliphatic rings. The number of hydrogen-bond donors (Lipinski definition) is 2. The molecule has 0 aromatic heterocycles. The number of phenolic OH excluding ortho intramolecular Hbond substituents is 1. The van der Waals surface area contributed by atoms with Crippen LogP contribution in [0.3, 0.4) is 0 Å². The first-order valence-electron chi connectivity index (χ1n) is 4.03. The van der Waals surface area contributed by atoms with Gasteiger partial charge >= 0.3 is 6.09 Å². The fourth-order valence-electron chi connectivity index (χ4n) is 0.887. The Morgan fingerprint density at radius 3 is 2.86 bits per heavy atom. The molecule has 0 radical (unpaired) electrons. The second-order valence-corrected chi connectivity index (χ2v) is 2.53. The summed E-state index contributed by atoms with van der Waals surface area (Å²) in [6.45, 7) is 0. The number of para-hydroxylation sites is 1. The van der Waals surface area contributed by atoms with Crippen LogP contribution in [0.15, 0.2) is 30.5 Å². The molecule has 0 atom stereocenters. The third kappa shape index (κ3) is 2.82. The fourth-order valence-corrected chi connectivity index (χ4v) is 0.887. The summed E-state index contributed by atoms with van der Waals surface area (Å²) in [6.07, 6.45) is 2.43. The highest BCUT2D eigenvalue weighted by atomic mass is 16.5. The Kier molecular flexibility index (Phi) is 3.55. The van der Waals surface area contributed by atoms with Crippen molar-refractivity contribution in [2.75, 3.05) is 7.11 Å². The van der Waals surface area contributed by atoms with Crippen LogP contribution in [0.1, 0.15) is 5.56 Å². The van der Waals surface area contributed by atoms with Crippen LogP contribution >= 0.6 is 0 Å². The molecule has 0 aliphatic heterocycles. The van der Waals surface area contributed by atoms with Gasteiger partial charge < -0.3 is 9.84 Å². The number of rotatable bonds is 2. The minimum Gasteiger partial charge on any atom is -0.507 e. The maximum Gasteiger partial charge on any atom is 0.410 e. The molecule has 0 spiro atoms. The number of nitrogens with one attached hydrogen (secondary N) is 1. The van der Waals surface area contributed by atoms with Gasteiger partial charge in [-0.2, -0.15) is 0 Å². The fraction of sp³-hybridized carbons (Fsp3) is 0.100. The van der Waals surface area contributed by atoms with E-state index in [0.29, 0.717) is 5.56 Å². The van der Waals surface area contributed by atoms with Crippen LogP contribution < -0.4 is 5.32 Å². The van der Waals surface area contributed by atoms with Gasteiger partial charge in [-0.3, -0.25) is 5.32 Å². The highest BCUT2D eigenvalue weighted by Crippen LogP contribution is 2.16. The van der Waals surface area contributed by atoms with Gasteiger partial charge in [0.1, 0.15) is 5.75 Å². The number of carbonyl (C=O) groups excluding carboxylic acids is 1. The van der Waals surface area contributed by atoms with E-state index in [1.807, 2.05) is 0 Å². The van der Waals surface area contributed by atoms with Crippen molar-refractivity contribution in [3.05, 3.63) is 36.0 Å². The molecule has 14 heavy (non-hydrogen) atoms. The van der Waals surface area contributed by atoms with Crippen LogP contribution in [0.4, 0.5) is 4.79 Å². The van der Waals surface area contributed by atoms with Crippen LogP contribution in [-0.4, -0.2) is 18.3 Å². The van der Waals surface area contributed by atoms with Crippen molar-refractivity contribution in [2.45, 2.75) is 0 Å².